The summed E-state index contributed by atoms with van der Waals surface area (Å²) < 4.78 is 31.3. The number of imidazole rings is 1. The van der Waals surface area contributed by atoms with Crippen molar-refractivity contribution in [3.63, 3.8) is 0 Å². The molecule has 2 amide bonds. The third kappa shape index (κ3) is 3.80. The Morgan fingerprint density at radius 3 is 2.72 bits per heavy atom. The van der Waals surface area contributed by atoms with Crippen molar-refractivity contribution in [2.75, 3.05) is 10.6 Å². The molecule has 1 aliphatic rings. The van der Waals surface area contributed by atoms with Gasteiger partial charge in [-0.2, -0.15) is 0 Å². The summed E-state index contributed by atoms with van der Waals surface area (Å²) in [6.07, 6.45) is 2.29. The Balaban J connectivity index is 1.39. The van der Waals surface area contributed by atoms with Crippen LogP contribution in [0.25, 0.3) is 22.6 Å². The molecule has 3 aromatic heterocycles. The number of hydrogen-bond acceptors (Lipinski definition) is 5. The standard InChI is InChI=1S/C21H14ClF2N5O3/c22-14-4-3-10(26-20(31)16-2-1-5-32-16)6-12(14)17-28-15-7-11(9-25-18(15)29-17)27-19(30)13-8-21(13,23)24/h1-7,9,13H,8H2,(H,26,31)(H,27,30)(H,25,28,29). The van der Waals surface area contributed by atoms with E-state index in [9.17, 15) is 18.4 Å². The molecule has 0 aliphatic heterocycles. The minimum atomic E-state index is -2.95. The van der Waals surface area contributed by atoms with Crippen LogP contribution in [0.15, 0.2) is 53.3 Å². The van der Waals surface area contributed by atoms with Crippen LogP contribution in [0.5, 0.6) is 0 Å². The summed E-state index contributed by atoms with van der Waals surface area (Å²) in [4.78, 5) is 35.7. The molecule has 0 bridgehead atoms. The van der Waals surface area contributed by atoms with Gasteiger partial charge in [0.05, 0.1) is 28.7 Å². The number of rotatable bonds is 5. The van der Waals surface area contributed by atoms with Crippen LogP contribution in [0.2, 0.25) is 5.02 Å². The maximum absolute atomic E-state index is 13.1. The number of aromatic nitrogens is 3. The second-order valence-corrected chi connectivity index (χ2v) is 7.72. The first-order chi connectivity index (χ1) is 15.3. The number of anilines is 2. The number of furan rings is 1. The number of H-pyrrole nitrogens is 1. The molecule has 11 heteroatoms. The van der Waals surface area contributed by atoms with Gasteiger partial charge in [0.1, 0.15) is 11.7 Å². The summed E-state index contributed by atoms with van der Waals surface area (Å²) >= 11 is 6.32. The number of alkyl halides is 2. The molecule has 1 aromatic carbocycles. The predicted molar refractivity (Wildman–Crippen MR) is 113 cm³/mol. The van der Waals surface area contributed by atoms with Crippen molar-refractivity contribution >= 4 is 46.0 Å². The van der Waals surface area contributed by atoms with Crippen LogP contribution in [-0.2, 0) is 4.79 Å². The van der Waals surface area contributed by atoms with Crippen molar-refractivity contribution in [1.29, 1.82) is 0 Å². The van der Waals surface area contributed by atoms with E-state index in [-0.39, 0.29) is 11.4 Å². The molecule has 32 heavy (non-hydrogen) atoms. The number of amides is 2. The number of nitrogens with one attached hydrogen (secondary N) is 3. The molecule has 1 aliphatic carbocycles. The Hall–Kier alpha value is -3.79. The summed E-state index contributed by atoms with van der Waals surface area (Å²) in [5, 5.41) is 5.54. The van der Waals surface area contributed by atoms with Gasteiger partial charge in [0, 0.05) is 17.7 Å². The Kier molecular flexibility index (Phi) is 4.66. The van der Waals surface area contributed by atoms with Gasteiger partial charge >= 0.3 is 0 Å². The Labute approximate surface area is 184 Å². The van der Waals surface area contributed by atoms with Gasteiger partial charge in [-0.3, -0.25) is 9.59 Å². The zero-order chi connectivity index (χ0) is 22.5. The number of fused-ring (bicyclic) bond motifs is 1. The average molecular weight is 458 g/mol. The number of hydrogen-bond donors (Lipinski definition) is 3. The van der Waals surface area contributed by atoms with Gasteiger partial charge in [-0.1, -0.05) is 11.6 Å². The van der Waals surface area contributed by atoms with E-state index in [0.717, 1.165) is 0 Å². The van der Waals surface area contributed by atoms with E-state index in [1.54, 1.807) is 30.3 Å². The van der Waals surface area contributed by atoms with Crippen LogP contribution in [0.4, 0.5) is 20.2 Å². The van der Waals surface area contributed by atoms with Crippen molar-refractivity contribution < 1.29 is 22.8 Å². The normalized spacial score (nSPS) is 16.7. The highest BCUT2D eigenvalue weighted by Crippen LogP contribution is 2.49. The topological polar surface area (TPSA) is 113 Å². The SMILES string of the molecule is O=C(Nc1ccc(Cl)c(-c2nc3ncc(NC(=O)C4CC4(F)F)cc3[nH]2)c1)c1ccco1. The quantitative estimate of drug-likeness (QED) is 0.401. The summed E-state index contributed by atoms with van der Waals surface area (Å²) in [5.74, 6) is -4.89. The van der Waals surface area contributed by atoms with E-state index in [1.165, 1.54) is 18.5 Å². The van der Waals surface area contributed by atoms with Crippen LogP contribution < -0.4 is 10.6 Å². The van der Waals surface area contributed by atoms with E-state index >= 15 is 0 Å². The van der Waals surface area contributed by atoms with Crippen molar-refractivity contribution in [3.05, 3.63) is 59.6 Å². The lowest BCUT2D eigenvalue weighted by molar-refractivity contribution is -0.119. The fourth-order valence-corrected chi connectivity index (χ4v) is 3.42. The Morgan fingerprint density at radius 1 is 1.19 bits per heavy atom. The number of halogens is 3. The molecule has 1 atom stereocenters. The van der Waals surface area contributed by atoms with Crippen LogP contribution in [0.1, 0.15) is 17.0 Å². The number of carbonyl (C=O) groups excluding carboxylic acids is 2. The van der Waals surface area contributed by atoms with Crippen LogP contribution in [-0.4, -0.2) is 32.7 Å². The number of nitrogens with zero attached hydrogens (tertiary/aromatic N) is 2. The van der Waals surface area contributed by atoms with Gasteiger partial charge in [0.2, 0.25) is 5.91 Å². The smallest absolute Gasteiger partial charge is 0.291 e. The van der Waals surface area contributed by atoms with Gasteiger partial charge < -0.3 is 20.0 Å². The molecular weight excluding hydrogens is 444 g/mol. The number of pyridine rings is 1. The number of benzene rings is 1. The molecule has 3 heterocycles. The average Bonchev–Trinajstić information content (AvgIpc) is 3.15. The van der Waals surface area contributed by atoms with Crippen molar-refractivity contribution in [1.82, 2.24) is 15.0 Å². The van der Waals surface area contributed by atoms with Crippen molar-refractivity contribution in [3.8, 4) is 11.4 Å². The lowest BCUT2D eigenvalue weighted by Gasteiger charge is -2.07. The van der Waals surface area contributed by atoms with E-state index in [4.69, 9.17) is 16.0 Å². The predicted octanol–water partition coefficient (Wildman–Crippen LogP) is 4.72. The lowest BCUT2D eigenvalue weighted by Crippen LogP contribution is -2.17. The monoisotopic (exact) mass is 457 g/mol. The molecule has 0 radical (unpaired) electrons. The maximum atomic E-state index is 13.1. The highest BCUT2D eigenvalue weighted by atomic mass is 35.5. The van der Waals surface area contributed by atoms with E-state index in [0.29, 0.717) is 33.3 Å². The van der Waals surface area contributed by atoms with Gasteiger partial charge in [0.15, 0.2) is 11.4 Å². The lowest BCUT2D eigenvalue weighted by atomic mass is 10.2. The van der Waals surface area contributed by atoms with Crippen LogP contribution in [0, 0.1) is 5.92 Å². The van der Waals surface area contributed by atoms with E-state index < -0.39 is 30.1 Å². The molecule has 1 unspecified atom stereocenters. The fourth-order valence-electron chi connectivity index (χ4n) is 3.21. The first-order valence-electron chi connectivity index (χ1n) is 9.49. The molecular formula is C21H14ClF2N5O3. The molecule has 162 valence electrons. The summed E-state index contributed by atoms with van der Waals surface area (Å²) in [7, 11) is 0. The molecule has 3 N–H and O–H groups in total. The Morgan fingerprint density at radius 2 is 2.00 bits per heavy atom. The second kappa shape index (κ2) is 7.41. The molecule has 1 saturated carbocycles. The van der Waals surface area contributed by atoms with Gasteiger partial charge in [-0.05, 0) is 36.4 Å². The molecule has 1 fully saturated rings. The minimum Gasteiger partial charge on any atom is -0.459 e. The molecule has 4 aromatic rings. The second-order valence-electron chi connectivity index (χ2n) is 7.31. The molecule has 0 spiro atoms. The van der Waals surface area contributed by atoms with E-state index in [2.05, 4.69) is 25.6 Å². The molecule has 8 nitrogen and oxygen atoms in total. The molecule has 0 saturated heterocycles. The highest BCUT2D eigenvalue weighted by molar-refractivity contribution is 6.33. The highest BCUT2D eigenvalue weighted by Gasteiger charge is 2.61. The minimum absolute atomic E-state index is 0.160. The Bertz CT molecular complexity index is 1350. The zero-order valence-electron chi connectivity index (χ0n) is 16.2. The van der Waals surface area contributed by atoms with Crippen LogP contribution >= 0.6 is 11.6 Å². The third-order valence-corrected chi connectivity index (χ3v) is 5.30. The first kappa shape index (κ1) is 20.1. The van der Waals surface area contributed by atoms with Gasteiger partial charge in [0.25, 0.3) is 11.8 Å². The van der Waals surface area contributed by atoms with Crippen molar-refractivity contribution in [2.45, 2.75) is 12.3 Å². The largest absolute Gasteiger partial charge is 0.459 e. The summed E-state index contributed by atoms with van der Waals surface area (Å²) in [6.45, 7) is 0. The number of aromatic amines is 1. The van der Waals surface area contributed by atoms with Crippen LogP contribution in [0.3, 0.4) is 0 Å². The summed E-state index contributed by atoms with van der Waals surface area (Å²) in [5.41, 5.74) is 2.06. The third-order valence-electron chi connectivity index (χ3n) is 4.97. The maximum Gasteiger partial charge on any atom is 0.291 e. The van der Waals surface area contributed by atoms with Gasteiger partial charge in [-0.15, -0.1) is 0 Å². The number of carbonyl (C=O) groups is 2. The van der Waals surface area contributed by atoms with Gasteiger partial charge in [-0.25, -0.2) is 18.7 Å². The zero-order valence-corrected chi connectivity index (χ0v) is 16.9. The fraction of sp³-hybridized carbons (Fsp3) is 0.143. The first-order valence-corrected chi connectivity index (χ1v) is 9.87. The molecule has 5 rings (SSSR count). The van der Waals surface area contributed by atoms with E-state index in [1.807, 2.05) is 0 Å². The van der Waals surface area contributed by atoms with Crippen molar-refractivity contribution in [2.24, 2.45) is 5.92 Å². The summed E-state index contributed by atoms with van der Waals surface area (Å²) in [6, 6.07) is 9.58.